The third-order valence-electron chi connectivity index (χ3n) is 3.69. The fourth-order valence-electron chi connectivity index (χ4n) is 2.57. The molecule has 1 aliphatic heterocycles. The topological polar surface area (TPSA) is 24.5 Å². The zero-order valence-corrected chi connectivity index (χ0v) is 11.0. The second-order valence-corrected chi connectivity index (χ2v) is 4.69. The second-order valence-electron chi connectivity index (χ2n) is 4.69. The van der Waals surface area contributed by atoms with Gasteiger partial charge in [-0.3, -0.25) is 0 Å². The van der Waals surface area contributed by atoms with E-state index in [2.05, 4.69) is 35.5 Å². The molecule has 0 fully saturated rings. The molecular formula is C14H22N2O. The zero-order valence-electron chi connectivity index (χ0n) is 11.0. The van der Waals surface area contributed by atoms with Crippen LogP contribution in [-0.2, 0) is 6.42 Å². The lowest BCUT2D eigenvalue weighted by molar-refractivity contribution is 0.413. The second kappa shape index (κ2) is 5.41. The van der Waals surface area contributed by atoms with Gasteiger partial charge in [-0.25, -0.2) is 0 Å². The number of nitrogens with zero attached hydrogens (tertiary/aromatic N) is 1. The van der Waals surface area contributed by atoms with E-state index in [0.29, 0.717) is 6.04 Å². The number of methoxy groups -OCH3 is 1. The van der Waals surface area contributed by atoms with Gasteiger partial charge in [-0.15, -0.1) is 0 Å². The minimum atomic E-state index is 0.641. The monoisotopic (exact) mass is 234 g/mol. The summed E-state index contributed by atoms with van der Waals surface area (Å²) in [5.41, 5.74) is 2.77. The zero-order chi connectivity index (χ0) is 12.3. The van der Waals surface area contributed by atoms with Gasteiger partial charge in [0.05, 0.1) is 7.11 Å². The largest absolute Gasteiger partial charge is 0.497 e. The fourth-order valence-corrected chi connectivity index (χ4v) is 2.57. The van der Waals surface area contributed by atoms with Gasteiger partial charge in [-0.05, 0) is 44.5 Å². The maximum Gasteiger partial charge on any atom is 0.120 e. The van der Waals surface area contributed by atoms with Crippen LogP contribution in [0.3, 0.4) is 0 Å². The van der Waals surface area contributed by atoms with Crippen LogP contribution in [0, 0.1) is 0 Å². The van der Waals surface area contributed by atoms with Crippen molar-refractivity contribution in [3.8, 4) is 5.75 Å². The Morgan fingerprint density at radius 3 is 3.00 bits per heavy atom. The number of nitrogens with one attached hydrogen (secondary N) is 1. The van der Waals surface area contributed by atoms with E-state index in [-0.39, 0.29) is 0 Å². The molecule has 3 nitrogen and oxygen atoms in total. The highest BCUT2D eigenvalue weighted by atomic mass is 16.5. The number of aryl methyl sites for hydroxylation is 1. The molecule has 0 saturated heterocycles. The third-order valence-corrected chi connectivity index (χ3v) is 3.69. The molecule has 0 aromatic heterocycles. The maximum absolute atomic E-state index is 5.31. The Hall–Kier alpha value is -1.22. The van der Waals surface area contributed by atoms with Gasteiger partial charge in [0, 0.05) is 24.8 Å². The van der Waals surface area contributed by atoms with Gasteiger partial charge in [0.2, 0.25) is 0 Å². The molecular weight excluding hydrogens is 212 g/mol. The third kappa shape index (κ3) is 2.55. The lowest BCUT2D eigenvalue weighted by Crippen LogP contribution is -2.37. The van der Waals surface area contributed by atoms with Crippen LogP contribution >= 0.6 is 0 Å². The molecule has 0 spiro atoms. The summed E-state index contributed by atoms with van der Waals surface area (Å²) in [5, 5.41) is 3.23. The van der Waals surface area contributed by atoms with Crippen LogP contribution in [0.15, 0.2) is 18.2 Å². The predicted molar refractivity (Wildman–Crippen MR) is 72.0 cm³/mol. The molecule has 2 rings (SSSR count). The Morgan fingerprint density at radius 2 is 2.29 bits per heavy atom. The van der Waals surface area contributed by atoms with Crippen molar-refractivity contribution in [2.45, 2.75) is 25.3 Å². The van der Waals surface area contributed by atoms with Crippen molar-refractivity contribution in [3.05, 3.63) is 23.8 Å². The van der Waals surface area contributed by atoms with Crippen molar-refractivity contribution in [1.29, 1.82) is 0 Å². The highest BCUT2D eigenvalue weighted by molar-refractivity contribution is 5.59. The molecule has 0 aliphatic carbocycles. The van der Waals surface area contributed by atoms with Crippen LogP contribution in [0.1, 0.15) is 18.4 Å². The van der Waals surface area contributed by atoms with E-state index in [1.165, 1.54) is 30.5 Å². The summed E-state index contributed by atoms with van der Waals surface area (Å²) in [7, 11) is 5.93. The van der Waals surface area contributed by atoms with Crippen LogP contribution in [0.4, 0.5) is 5.69 Å². The summed E-state index contributed by atoms with van der Waals surface area (Å²) in [6.45, 7) is 1.08. The number of anilines is 1. The summed E-state index contributed by atoms with van der Waals surface area (Å²) in [6.07, 6.45) is 3.62. The Labute approximate surface area is 104 Å². The quantitative estimate of drug-likeness (QED) is 0.863. The molecule has 0 saturated carbocycles. The first-order valence-corrected chi connectivity index (χ1v) is 6.30. The number of ether oxygens (including phenoxy) is 1. The number of hydrogen-bond donors (Lipinski definition) is 1. The Morgan fingerprint density at radius 1 is 1.47 bits per heavy atom. The first-order chi connectivity index (χ1) is 8.26. The molecule has 1 aromatic rings. The molecule has 1 N–H and O–H groups in total. The van der Waals surface area contributed by atoms with E-state index in [1.54, 1.807) is 7.11 Å². The highest BCUT2D eigenvalue weighted by Crippen LogP contribution is 2.33. The van der Waals surface area contributed by atoms with E-state index < -0.39 is 0 Å². The van der Waals surface area contributed by atoms with Gasteiger partial charge in [-0.2, -0.15) is 0 Å². The molecule has 0 bridgehead atoms. The van der Waals surface area contributed by atoms with Gasteiger partial charge in [0.15, 0.2) is 0 Å². The number of rotatable bonds is 4. The van der Waals surface area contributed by atoms with Crippen LogP contribution < -0.4 is 15.0 Å². The first-order valence-electron chi connectivity index (χ1n) is 6.30. The molecule has 1 heterocycles. The van der Waals surface area contributed by atoms with E-state index in [9.17, 15) is 0 Å². The van der Waals surface area contributed by atoms with Crippen molar-refractivity contribution >= 4 is 5.69 Å². The minimum Gasteiger partial charge on any atom is -0.497 e. The SMILES string of the molecule is CNCCC1CCc2ccc(OC)cc2N1C. The van der Waals surface area contributed by atoms with E-state index in [0.717, 1.165) is 12.3 Å². The molecule has 3 heteroatoms. The summed E-state index contributed by atoms with van der Waals surface area (Å²) in [5.74, 6) is 0.949. The molecule has 1 unspecified atom stereocenters. The molecule has 1 aromatic carbocycles. The van der Waals surface area contributed by atoms with Gasteiger partial charge in [-0.1, -0.05) is 6.07 Å². The molecule has 17 heavy (non-hydrogen) atoms. The van der Waals surface area contributed by atoms with Crippen molar-refractivity contribution < 1.29 is 4.74 Å². The molecule has 0 radical (unpaired) electrons. The average molecular weight is 234 g/mol. The molecule has 0 amide bonds. The van der Waals surface area contributed by atoms with Crippen LogP contribution in [-0.4, -0.2) is 33.8 Å². The predicted octanol–water partition coefficient (Wildman–Crippen LogP) is 2.06. The van der Waals surface area contributed by atoms with Gasteiger partial charge >= 0.3 is 0 Å². The normalized spacial score (nSPS) is 19.0. The summed E-state index contributed by atoms with van der Waals surface area (Å²) >= 11 is 0. The van der Waals surface area contributed by atoms with E-state index in [4.69, 9.17) is 4.74 Å². The standard InChI is InChI=1S/C14H22N2O/c1-15-9-8-12-6-4-11-5-7-13(17-3)10-14(11)16(12)2/h5,7,10,12,15H,4,6,8-9H2,1-3H3. The van der Waals surface area contributed by atoms with Gasteiger partial charge < -0.3 is 15.0 Å². The van der Waals surface area contributed by atoms with Crippen molar-refractivity contribution in [1.82, 2.24) is 5.32 Å². The smallest absolute Gasteiger partial charge is 0.120 e. The maximum atomic E-state index is 5.31. The van der Waals surface area contributed by atoms with Crippen LogP contribution in [0.5, 0.6) is 5.75 Å². The van der Waals surface area contributed by atoms with Crippen molar-refractivity contribution in [3.63, 3.8) is 0 Å². The summed E-state index contributed by atoms with van der Waals surface area (Å²) < 4.78 is 5.31. The molecule has 94 valence electrons. The Bertz CT molecular complexity index is 378. The Kier molecular flexibility index (Phi) is 3.89. The van der Waals surface area contributed by atoms with Gasteiger partial charge in [0.1, 0.15) is 5.75 Å². The van der Waals surface area contributed by atoms with Crippen molar-refractivity contribution in [2.24, 2.45) is 0 Å². The fraction of sp³-hybridized carbons (Fsp3) is 0.571. The minimum absolute atomic E-state index is 0.641. The average Bonchev–Trinajstić information content (AvgIpc) is 2.38. The summed E-state index contributed by atoms with van der Waals surface area (Å²) in [4.78, 5) is 2.40. The lowest BCUT2D eigenvalue weighted by Gasteiger charge is -2.36. The molecule has 1 atom stereocenters. The van der Waals surface area contributed by atoms with Crippen LogP contribution in [0.25, 0.3) is 0 Å². The van der Waals surface area contributed by atoms with Crippen molar-refractivity contribution in [2.75, 3.05) is 32.6 Å². The first kappa shape index (κ1) is 12.2. The Balaban J connectivity index is 2.18. The number of hydrogen-bond acceptors (Lipinski definition) is 3. The number of fused-ring (bicyclic) bond motifs is 1. The van der Waals surface area contributed by atoms with E-state index in [1.807, 2.05) is 7.05 Å². The number of benzene rings is 1. The summed E-state index contributed by atoms with van der Waals surface area (Å²) in [6, 6.07) is 7.04. The lowest BCUT2D eigenvalue weighted by atomic mass is 9.94. The van der Waals surface area contributed by atoms with Crippen LogP contribution in [0.2, 0.25) is 0 Å². The highest BCUT2D eigenvalue weighted by Gasteiger charge is 2.23. The van der Waals surface area contributed by atoms with E-state index >= 15 is 0 Å². The molecule has 1 aliphatic rings. The van der Waals surface area contributed by atoms with Gasteiger partial charge in [0.25, 0.3) is 0 Å².